The molecule has 1 fully saturated rings. The third kappa shape index (κ3) is 4.29. The van der Waals surface area contributed by atoms with Gasteiger partial charge in [-0.2, -0.15) is 0 Å². The van der Waals surface area contributed by atoms with Gasteiger partial charge in [-0.25, -0.2) is 4.79 Å². The van der Waals surface area contributed by atoms with E-state index in [1.165, 1.54) is 12.8 Å². The molecule has 0 heterocycles. The molecule has 0 spiro atoms. The first-order valence-corrected chi connectivity index (χ1v) is 5.34. The molecule has 0 aliphatic heterocycles. The van der Waals surface area contributed by atoms with Crippen molar-refractivity contribution in [3.8, 4) is 0 Å². The van der Waals surface area contributed by atoms with E-state index in [9.17, 15) is 9.59 Å². The molecule has 86 valence electrons. The van der Waals surface area contributed by atoms with Crippen molar-refractivity contribution < 1.29 is 9.59 Å². The highest BCUT2D eigenvalue weighted by molar-refractivity contribution is 5.96. The summed E-state index contributed by atoms with van der Waals surface area (Å²) in [5.74, 6) is 1.03. The van der Waals surface area contributed by atoms with Crippen LogP contribution < -0.4 is 16.4 Å². The van der Waals surface area contributed by atoms with Gasteiger partial charge in [0.2, 0.25) is 5.91 Å². The highest BCUT2D eigenvalue weighted by Gasteiger charge is 2.28. The van der Waals surface area contributed by atoms with Gasteiger partial charge < -0.3 is 11.1 Å². The van der Waals surface area contributed by atoms with Gasteiger partial charge in [-0.05, 0) is 38.1 Å². The van der Waals surface area contributed by atoms with Gasteiger partial charge >= 0.3 is 6.03 Å². The summed E-state index contributed by atoms with van der Waals surface area (Å²) in [7, 11) is 0. The first kappa shape index (κ1) is 12.0. The molecule has 1 aliphatic rings. The van der Waals surface area contributed by atoms with E-state index in [0.717, 1.165) is 12.5 Å². The topological polar surface area (TPSA) is 84.2 Å². The Bertz CT molecular complexity index is 251. The minimum atomic E-state index is -0.802. The van der Waals surface area contributed by atoms with Crippen LogP contribution in [-0.2, 0) is 4.79 Å². The Kier molecular flexibility index (Phi) is 4.08. The molecule has 3 amide bonds. The minimum absolute atomic E-state index is 0.370. The van der Waals surface area contributed by atoms with Crippen LogP contribution in [0.15, 0.2) is 0 Å². The number of amides is 3. The number of nitrogens with two attached hydrogens (primary N) is 1. The van der Waals surface area contributed by atoms with E-state index in [1.807, 2.05) is 5.32 Å². The van der Waals surface area contributed by atoms with E-state index in [-0.39, 0.29) is 11.9 Å². The molecule has 1 aliphatic carbocycles. The van der Waals surface area contributed by atoms with Gasteiger partial charge in [0.15, 0.2) is 0 Å². The molecule has 1 saturated carbocycles. The largest absolute Gasteiger partial charge is 0.351 e. The molecule has 0 bridgehead atoms. The molecular formula is C10H19N3O2. The van der Waals surface area contributed by atoms with Crippen molar-refractivity contribution in [1.82, 2.24) is 10.6 Å². The summed E-state index contributed by atoms with van der Waals surface area (Å²) >= 11 is 0. The number of urea groups is 1. The molecule has 0 aromatic carbocycles. The molecule has 5 nitrogen and oxygen atoms in total. The molecule has 0 saturated heterocycles. The van der Waals surface area contributed by atoms with Crippen molar-refractivity contribution in [3.05, 3.63) is 0 Å². The third-order valence-electron chi connectivity index (χ3n) is 2.81. The normalized spacial score (nSPS) is 19.3. The van der Waals surface area contributed by atoms with Gasteiger partial charge in [0.1, 0.15) is 0 Å². The first-order chi connectivity index (χ1) is 7.00. The van der Waals surface area contributed by atoms with Crippen molar-refractivity contribution in [2.45, 2.75) is 32.7 Å². The van der Waals surface area contributed by atoms with Crippen molar-refractivity contribution in [1.29, 1.82) is 0 Å². The summed E-state index contributed by atoms with van der Waals surface area (Å²) < 4.78 is 0. The van der Waals surface area contributed by atoms with Crippen LogP contribution in [0.3, 0.4) is 0 Å². The van der Waals surface area contributed by atoms with Crippen molar-refractivity contribution in [2.75, 3.05) is 6.54 Å². The molecule has 15 heavy (non-hydrogen) atoms. The number of hydrogen-bond acceptors (Lipinski definition) is 3. The summed E-state index contributed by atoms with van der Waals surface area (Å²) in [6.07, 6.45) is 2.59. The van der Waals surface area contributed by atoms with Gasteiger partial charge in [-0.3, -0.25) is 10.1 Å². The first-order valence-electron chi connectivity index (χ1n) is 5.34. The lowest BCUT2D eigenvalue weighted by molar-refractivity contribution is -0.121. The average Bonchev–Trinajstić information content (AvgIpc) is 2.95. The maximum Gasteiger partial charge on any atom is 0.318 e. The number of carbonyl (C=O) groups is 2. The highest BCUT2D eigenvalue weighted by Crippen LogP contribution is 2.36. The monoisotopic (exact) mass is 213 g/mol. The van der Waals surface area contributed by atoms with Crippen molar-refractivity contribution in [3.63, 3.8) is 0 Å². The quantitative estimate of drug-likeness (QED) is 0.610. The lowest BCUT2D eigenvalue weighted by Crippen LogP contribution is -2.47. The molecule has 0 aromatic rings. The van der Waals surface area contributed by atoms with Crippen molar-refractivity contribution >= 4 is 11.9 Å². The van der Waals surface area contributed by atoms with Crippen LogP contribution in [0.5, 0.6) is 0 Å². The van der Waals surface area contributed by atoms with Crippen LogP contribution in [0.4, 0.5) is 4.79 Å². The summed E-state index contributed by atoms with van der Waals surface area (Å²) in [6, 6.07) is -1.18. The van der Waals surface area contributed by atoms with E-state index in [0.29, 0.717) is 5.92 Å². The SMILES string of the molecule is CC(NCC(C)C1CC1)C(=O)NC(N)=O. The van der Waals surface area contributed by atoms with E-state index >= 15 is 0 Å². The summed E-state index contributed by atoms with van der Waals surface area (Å²) in [5, 5.41) is 5.14. The van der Waals surface area contributed by atoms with Crippen LogP contribution in [-0.4, -0.2) is 24.5 Å². The molecule has 2 atom stereocenters. The molecule has 4 N–H and O–H groups in total. The Morgan fingerprint density at radius 2 is 2.00 bits per heavy atom. The predicted molar refractivity (Wildman–Crippen MR) is 57.1 cm³/mol. The minimum Gasteiger partial charge on any atom is -0.351 e. The second kappa shape index (κ2) is 5.11. The number of hydrogen-bond donors (Lipinski definition) is 3. The maximum absolute atomic E-state index is 11.3. The second-order valence-corrected chi connectivity index (χ2v) is 4.30. The Balaban J connectivity index is 2.18. The van der Waals surface area contributed by atoms with Crippen LogP contribution in [0.2, 0.25) is 0 Å². The number of rotatable bonds is 5. The molecule has 1 rings (SSSR count). The van der Waals surface area contributed by atoms with E-state index in [4.69, 9.17) is 5.73 Å². The predicted octanol–water partition coefficient (Wildman–Crippen LogP) is 0.206. The summed E-state index contributed by atoms with van der Waals surface area (Å²) in [5.41, 5.74) is 4.85. The zero-order valence-electron chi connectivity index (χ0n) is 9.25. The fourth-order valence-electron chi connectivity index (χ4n) is 1.52. The Labute approximate surface area is 89.8 Å². The molecule has 2 unspecified atom stereocenters. The van der Waals surface area contributed by atoms with Gasteiger partial charge in [0.25, 0.3) is 0 Å². The molecule has 5 heteroatoms. The van der Waals surface area contributed by atoms with Gasteiger partial charge in [0, 0.05) is 0 Å². The lowest BCUT2D eigenvalue weighted by Gasteiger charge is -2.16. The van der Waals surface area contributed by atoms with Gasteiger partial charge in [-0.1, -0.05) is 6.92 Å². The summed E-state index contributed by atoms with van der Waals surface area (Å²) in [4.78, 5) is 21.7. The standard InChI is InChI=1S/C10H19N3O2/c1-6(8-3-4-8)5-12-7(2)9(14)13-10(11)15/h6-8,12H,3-5H2,1-2H3,(H3,11,13,14,15). The van der Waals surface area contributed by atoms with Gasteiger partial charge in [0.05, 0.1) is 6.04 Å². The number of primary amides is 1. The van der Waals surface area contributed by atoms with Crippen molar-refractivity contribution in [2.24, 2.45) is 17.6 Å². The van der Waals surface area contributed by atoms with Crippen LogP contribution in [0.25, 0.3) is 0 Å². The summed E-state index contributed by atoms with van der Waals surface area (Å²) in [6.45, 7) is 4.69. The van der Waals surface area contributed by atoms with Crippen LogP contribution in [0.1, 0.15) is 26.7 Å². The lowest BCUT2D eigenvalue weighted by atomic mass is 10.1. The zero-order valence-corrected chi connectivity index (χ0v) is 9.25. The Hall–Kier alpha value is -1.10. The Morgan fingerprint density at radius 1 is 1.40 bits per heavy atom. The maximum atomic E-state index is 11.3. The average molecular weight is 213 g/mol. The Morgan fingerprint density at radius 3 is 2.47 bits per heavy atom. The van der Waals surface area contributed by atoms with Crippen LogP contribution in [0, 0.1) is 11.8 Å². The zero-order chi connectivity index (χ0) is 11.4. The smallest absolute Gasteiger partial charge is 0.318 e. The fraction of sp³-hybridized carbons (Fsp3) is 0.800. The third-order valence-corrected chi connectivity index (χ3v) is 2.81. The highest BCUT2D eigenvalue weighted by atomic mass is 16.2. The molecule has 0 radical (unpaired) electrons. The number of carbonyl (C=O) groups excluding carboxylic acids is 2. The van der Waals surface area contributed by atoms with E-state index < -0.39 is 6.03 Å². The van der Waals surface area contributed by atoms with Crippen LogP contribution >= 0.6 is 0 Å². The molecular weight excluding hydrogens is 194 g/mol. The van der Waals surface area contributed by atoms with E-state index in [1.54, 1.807) is 6.92 Å². The van der Waals surface area contributed by atoms with E-state index in [2.05, 4.69) is 12.2 Å². The number of imide groups is 1. The van der Waals surface area contributed by atoms with Gasteiger partial charge in [-0.15, -0.1) is 0 Å². The second-order valence-electron chi connectivity index (χ2n) is 4.30. The molecule has 0 aromatic heterocycles. The fourth-order valence-corrected chi connectivity index (χ4v) is 1.52. The number of nitrogens with one attached hydrogen (secondary N) is 2.